The number of benzene rings is 1. The van der Waals surface area contributed by atoms with Gasteiger partial charge in [-0.05, 0) is 12.0 Å². The zero-order valence-electron chi connectivity index (χ0n) is 12.5. The molecule has 1 N–H and O–H groups in total. The normalized spacial score (nSPS) is 11.2. The van der Waals surface area contributed by atoms with E-state index in [1.54, 1.807) is 0 Å². The Hall–Kier alpha value is -2.57. The predicted octanol–water partition coefficient (Wildman–Crippen LogP) is 1.41. The fourth-order valence-corrected chi connectivity index (χ4v) is 1.66. The summed E-state index contributed by atoms with van der Waals surface area (Å²) in [6, 6.07) is 8.15. The number of carbonyl (C=O) groups excluding carboxylic acids is 3. The minimum Gasteiger partial charge on any atom is -0.469 e. The lowest BCUT2D eigenvalue weighted by atomic mass is 10.1. The number of hydrogen-bond donors (Lipinski definition) is 1. The molecule has 0 heterocycles. The highest BCUT2D eigenvalue weighted by Crippen LogP contribution is 2.04. The molecule has 0 aromatic heterocycles. The summed E-state index contributed by atoms with van der Waals surface area (Å²) in [4.78, 5) is 34.4. The van der Waals surface area contributed by atoms with Crippen LogP contribution in [0.1, 0.15) is 18.4 Å². The van der Waals surface area contributed by atoms with E-state index in [2.05, 4.69) is 14.8 Å². The Bertz CT molecular complexity index is 502. The number of esters is 2. The lowest BCUT2D eigenvalue weighted by molar-refractivity contribution is -0.144. The zero-order valence-corrected chi connectivity index (χ0v) is 12.5. The summed E-state index contributed by atoms with van der Waals surface area (Å²) in [6.07, 6.45) is -0.709. The number of ether oxygens (including phenoxy) is 3. The Balaban J connectivity index is 2.48. The lowest BCUT2D eigenvalue weighted by Gasteiger charge is -2.15. The average molecular weight is 309 g/mol. The molecule has 1 atom stereocenters. The second-order valence-electron chi connectivity index (χ2n) is 4.40. The van der Waals surface area contributed by atoms with E-state index < -0.39 is 24.1 Å². The van der Waals surface area contributed by atoms with Gasteiger partial charge in [-0.15, -0.1) is 0 Å². The van der Waals surface area contributed by atoms with E-state index in [4.69, 9.17) is 4.74 Å². The summed E-state index contributed by atoms with van der Waals surface area (Å²) in [6.45, 7) is 0.0809. The van der Waals surface area contributed by atoms with Gasteiger partial charge in [0.1, 0.15) is 12.6 Å². The van der Waals surface area contributed by atoms with Crippen LogP contribution in [0.3, 0.4) is 0 Å². The van der Waals surface area contributed by atoms with Crippen molar-refractivity contribution in [2.75, 3.05) is 14.2 Å². The Kier molecular flexibility index (Phi) is 7.45. The number of amides is 1. The van der Waals surface area contributed by atoms with E-state index in [-0.39, 0.29) is 19.4 Å². The number of methoxy groups -OCH3 is 2. The smallest absolute Gasteiger partial charge is 0.408 e. The van der Waals surface area contributed by atoms with E-state index in [1.165, 1.54) is 14.2 Å². The van der Waals surface area contributed by atoms with Crippen molar-refractivity contribution in [3.8, 4) is 0 Å². The molecule has 0 saturated carbocycles. The molecular weight excluding hydrogens is 290 g/mol. The van der Waals surface area contributed by atoms with E-state index >= 15 is 0 Å². The average Bonchev–Trinajstić information content (AvgIpc) is 2.56. The van der Waals surface area contributed by atoms with Crippen LogP contribution >= 0.6 is 0 Å². The fraction of sp³-hybridized carbons (Fsp3) is 0.400. The van der Waals surface area contributed by atoms with Crippen LogP contribution in [0.2, 0.25) is 0 Å². The molecule has 1 aromatic rings. The third-order valence-corrected chi connectivity index (χ3v) is 2.86. The topological polar surface area (TPSA) is 90.9 Å². The van der Waals surface area contributed by atoms with Crippen molar-refractivity contribution in [1.29, 1.82) is 0 Å². The van der Waals surface area contributed by atoms with Crippen molar-refractivity contribution in [2.45, 2.75) is 25.5 Å². The van der Waals surface area contributed by atoms with Gasteiger partial charge in [0.05, 0.1) is 14.2 Å². The molecule has 120 valence electrons. The van der Waals surface area contributed by atoms with Crippen LogP contribution < -0.4 is 5.32 Å². The van der Waals surface area contributed by atoms with E-state index in [1.807, 2.05) is 30.3 Å². The maximum Gasteiger partial charge on any atom is 0.408 e. The Morgan fingerprint density at radius 1 is 1.09 bits per heavy atom. The van der Waals surface area contributed by atoms with Gasteiger partial charge in [-0.3, -0.25) is 4.79 Å². The molecular formula is C15H19NO6. The molecule has 1 amide bonds. The molecule has 1 aromatic carbocycles. The monoisotopic (exact) mass is 309 g/mol. The summed E-state index contributed by atoms with van der Waals surface area (Å²) in [5, 5.41) is 2.37. The molecule has 0 aliphatic heterocycles. The van der Waals surface area contributed by atoms with E-state index in [0.29, 0.717) is 0 Å². The minimum absolute atomic E-state index is 0.0186. The Morgan fingerprint density at radius 2 is 1.77 bits per heavy atom. The molecule has 1 rings (SSSR count). The Labute approximate surface area is 128 Å². The molecule has 0 bridgehead atoms. The van der Waals surface area contributed by atoms with Gasteiger partial charge in [0.2, 0.25) is 0 Å². The first-order valence-electron chi connectivity index (χ1n) is 6.68. The van der Waals surface area contributed by atoms with E-state index in [9.17, 15) is 14.4 Å². The SMILES string of the molecule is COC(=O)CCC(NC(=O)OCc1ccccc1)C(=O)OC. The van der Waals surface area contributed by atoms with Gasteiger partial charge in [-0.25, -0.2) is 9.59 Å². The maximum atomic E-state index is 11.7. The van der Waals surface area contributed by atoms with Crippen LogP contribution in [0, 0.1) is 0 Å². The highest BCUT2D eigenvalue weighted by atomic mass is 16.6. The van der Waals surface area contributed by atoms with Crippen molar-refractivity contribution < 1.29 is 28.6 Å². The van der Waals surface area contributed by atoms with Gasteiger partial charge >= 0.3 is 18.0 Å². The molecule has 1 unspecified atom stereocenters. The van der Waals surface area contributed by atoms with Crippen LogP contribution in [0.5, 0.6) is 0 Å². The maximum absolute atomic E-state index is 11.7. The highest BCUT2D eigenvalue weighted by molar-refractivity contribution is 5.82. The third kappa shape index (κ3) is 6.25. The van der Waals surface area contributed by atoms with E-state index in [0.717, 1.165) is 5.56 Å². The standard InChI is InChI=1S/C15H19NO6/c1-20-13(17)9-8-12(14(18)21-2)16-15(19)22-10-11-6-4-3-5-7-11/h3-7,12H,8-10H2,1-2H3,(H,16,19). The van der Waals surface area contributed by atoms with Crippen LogP contribution in [0.15, 0.2) is 30.3 Å². The molecule has 0 saturated heterocycles. The van der Waals surface area contributed by atoms with Crippen LogP contribution in [-0.2, 0) is 30.4 Å². The number of hydrogen-bond acceptors (Lipinski definition) is 6. The fourth-order valence-electron chi connectivity index (χ4n) is 1.66. The van der Waals surface area contributed by atoms with Crippen LogP contribution in [0.25, 0.3) is 0 Å². The van der Waals surface area contributed by atoms with Gasteiger partial charge in [0.25, 0.3) is 0 Å². The minimum atomic E-state index is -0.965. The quantitative estimate of drug-likeness (QED) is 0.605. The van der Waals surface area contributed by atoms with Crippen LogP contribution in [-0.4, -0.2) is 38.3 Å². The van der Waals surface area contributed by atoms with Gasteiger partial charge in [-0.2, -0.15) is 0 Å². The van der Waals surface area contributed by atoms with Crippen LogP contribution in [0.4, 0.5) is 4.79 Å². The van der Waals surface area contributed by atoms with Gasteiger partial charge in [0, 0.05) is 6.42 Å². The van der Waals surface area contributed by atoms with Crippen molar-refractivity contribution in [3.63, 3.8) is 0 Å². The summed E-state index contributed by atoms with van der Waals surface area (Å²) in [5.74, 6) is -1.13. The number of alkyl carbamates (subject to hydrolysis) is 1. The highest BCUT2D eigenvalue weighted by Gasteiger charge is 2.23. The Morgan fingerprint density at radius 3 is 2.36 bits per heavy atom. The first-order chi connectivity index (χ1) is 10.6. The summed E-state index contributed by atoms with van der Waals surface area (Å²) in [7, 11) is 2.45. The second-order valence-corrected chi connectivity index (χ2v) is 4.40. The van der Waals surface area contributed by atoms with Crippen molar-refractivity contribution in [2.24, 2.45) is 0 Å². The summed E-state index contributed by atoms with van der Waals surface area (Å²) in [5.41, 5.74) is 0.821. The van der Waals surface area contributed by atoms with Gasteiger partial charge < -0.3 is 19.5 Å². The number of nitrogens with one attached hydrogen (secondary N) is 1. The lowest BCUT2D eigenvalue weighted by Crippen LogP contribution is -2.42. The molecule has 22 heavy (non-hydrogen) atoms. The molecule has 7 heteroatoms. The van der Waals surface area contributed by atoms with Gasteiger partial charge in [0.15, 0.2) is 0 Å². The van der Waals surface area contributed by atoms with Crippen molar-refractivity contribution >= 4 is 18.0 Å². The summed E-state index contributed by atoms with van der Waals surface area (Å²) < 4.78 is 14.1. The number of rotatable bonds is 7. The summed E-state index contributed by atoms with van der Waals surface area (Å²) >= 11 is 0. The molecule has 0 fully saturated rings. The molecule has 0 aliphatic rings. The number of carbonyl (C=O) groups is 3. The zero-order chi connectivity index (χ0) is 16.4. The first kappa shape index (κ1) is 17.5. The first-order valence-corrected chi connectivity index (χ1v) is 6.68. The second kappa shape index (κ2) is 9.38. The van der Waals surface area contributed by atoms with Crippen molar-refractivity contribution in [3.05, 3.63) is 35.9 Å². The predicted molar refractivity (Wildman–Crippen MR) is 76.8 cm³/mol. The van der Waals surface area contributed by atoms with Crippen molar-refractivity contribution in [1.82, 2.24) is 5.32 Å². The third-order valence-electron chi connectivity index (χ3n) is 2.86. The van der Waals surface area contributed by atoms with Gasteiger partial charge in [-0.1, -0.05) is 30.3 Å². The molecule has 0 radical (unpaired) electrons. The molecule has 0 aliphatic carbocycles. The largest absolute Gasteiger partial charge is 0.469 e. The molecule has 0 spiro atoms. The molecule has 7 nitrogen and oxygen atoms in total.